The van der Waals surface area contributed by atoms with E-state index in [1.807, 2.05) is 0 Å². The fourth-order valence-electron chi connectivity index (χ4n) is 3.74. The summed E-state index contributed by atoms with van der Waals surface area (Å²) < 4.78 is 198. The number of carbonyl (C=O) groups excluding carboxylic acids is 1. The number of hydrogen-bond acceptors (Lipinski definition) is 3. The average Bonchev–Trinajstić information content (AvgIpc) is 2.53. The van der Waals surface area contributed by atoms with Crippen LogP contribution >= 0.6 is 0 Å². The minimum atomic E-state index is -6.64. The first-order chi connectivity index (χ1) is 14.3. The molecule has 0 saturated heterocycles. The minimum Gasteiger partial charge on any atom is -0.439 e. The molecular weight excluding hydrogens is 513 g/mol. The van der Waals surface area contributed by atoms with Gasteiger partial charge in [-0.2, -0.15) is 65.9 Å². The molecule has 0 aromatic heterocycles. The van der Waals surface area contributed by atoms with Gasteiger partial charge in [-0.25, -0.2) is 0 Å². The Morgan fingerprint density at radius 1 is 0.636 bits per heavy atom. The lowest BCUT2D eigenvalue weighted by Crippen LogP contribution is -2.66. The van der Waals surface area contributed by atoms with Crippen LogP contribution in [0.4, 0.5) is 65.9 Å². The monoisotopic (exact) mass is 526 g/mol. The van der Waals surface area contributed by atoms with Crippen molar-refractivity contribution in [2.24, 2.45) is 11.8 Å². The summed E-state index contributed by atoms with van der Waals surface area (Å²) in [6.07, 6.45) is -41.5. The first-order valence-electron chi connectivity index (χ1n) is 8.59. The van der Waals surface area contributed by atoms with Gasteiger partial charge in [-0.05, 0) is 25.7 Å². The number of aliphatic hydroxyl groups is 1. The van der Waals surface area contributed by atoms with Gasteiger partial charge in [0.15, 0.2) is 0 Å². The number of rotatable bonds is 4. The van der Waals surface area contributed by atoms with Crippen LogP contribution in [0.15, 0.2) is 0 Å². The van der Waals surface area contributed by atoms with Crippen molar-refractivity contribution in [3.63, 3.8) is 0 Å². The first kappa shape index (κ1) is 29.4. The van der Waals surface area contributed by atoms with Gasteiger partial charge in [-0.15, -0.1) is 0 Å². The Bertz CT molecular complexity index is 662. The van der Waals surface area contributed by atoms with Gasteiger partial charge < -0.3 is 9.84 Å². The smallest absolute Gasteiger partial charge is 0.437 e. The van der Waals surface area contributed by atoms with Crippen molar-refractivity contribution in [3.8, 4) is 0 Å². The molecule has 0 aromatic carbocycles. The van der Waals surface area contributed by atoms with E-state index in [9.17, 15) is 75.8 Å². The Kier molecular flexibility index (Phi) is 7.62. The maximum absolute atomic E-state index is 13.5. The number of alkyl halides is 15. The van der Waals surface area contributed by atoms with Gasteiger partial charge in [0.1, 0.15) is 6.42 Å². The summed E-state index contributed by atoms with van der Waals surface area (Å²) in [5, 5.41) is 9.29. The number of esters is 1. The zero-order valence-electron chi connectivity index (χ0n) is 15.6. The minimum absolute atomic E-state index is 1.70. The van der Waals surface area contributed by atoms with Crippen LogP contribution in [-0.2, 0) is 9.53 Å². The second-order valence-corrected chi connectivity index (χ2v) is 7.31. The molecule has 1 aliphatic carbocycles. The standard InChI is InChI=1S/C15H13F15O3/c16-9(17,18)5-8(31)33-11(14(25,26)27,15(28,29)30)7-3-1-6(2-4-7)10(32,12(19,20)21)13(22,23)24/h6-7,32H,1-5H2. The molecule has 0 aromatic rings. The Morgan fingerprint density at radius 3 is 1.24 bits per heavy atom. The molecule has 0 spiro atoms. The van der Waals surface area contributed by atoms with Crippen molar-refractivity contribution in [3.05, 3.63) is 0 Å². The summed E-state index contributed by atoms with van der Waals surface area (Å²) in [4.78, 5) is 11.2. The topological polar surface area (TPSA) is 46.5 Å². The fourth-order valence-corrected chi connectivity index (χ4v) is 3.74. The number of carbonyl (C=O) groups is 1. The molecule has 3 nitrogen and oxygen atoms in total. The van der Waals surface area contributed by atoms with Crippen molar-refractivity contribution in [2.45, 2.75) is 74.2 Å². The molecule has 1 rings (SSSR count). The van der Waals surface area contributed by atoms with Gasteiger partial charge in [0.25, 0.3) is 5.60 Å². The maximum Gasteiger partial charge on any atom is 0.437 e. The summed E-state index contributed by atoms with van der Waals surface area (Å²) >= 11 is 0. The molecule has 18 heteroatoms. The largest absolute Gasteiger partial charge is 0.439 e. The summed E-state index contributed by atoms with van der Waals surface area (Å²) in [6, 6.07) is 0. The van der Waals surface area contributed by atoms with Crippen molar-refractivity contribution in [1.82, 2.24) is 0 Å². The van der Waals surface area contributed by atoms with Crippen LogP contribution in [0.2, 0.25) is 0 Å². The Balaban J connectivity index is 3.40. The number of halogens is 15. The summed E-state index contributed by atoms with van der Waals surface area (Å²) in [5.74, 6) is -9.03. The summed E-state index contributed by atoms with van der Waals surface area (Å²) in [6.45, 7) is 0. The second-order valence-electron chi connectivity index (χ2n) is 7.31. The van der Waals surface area contributed by atoms with Gasteiger partial charge in [0.05, 0.1) is 0 Å². The quantitative estimate of drug-likeness (QED) is 0.361. The summed E-state index contributed by atoms with van der Waals surface area (Å²) in [7, 11) is 0. The van der Waals surface area contributed by atoms with Crippen molar-refractivity contribution >= 4 is 5.97 Å². The first-order valence-corrected chi connectivity index (χ1v) is 8.59. The van der Waals surface area contributed by atoms with Gasteiger partial charge >= 0.3 is 42.5 Å². The Morgan fingerprint density at radius 2 is 0.970 bits per heavy atom. The highest BCUT2D eigenvalue weighted by atomic mass is 19.4. The van der Waals surface area contributed by atoms with E-state index in [2.05, 4.69) is 4.74 Å². The lowest BCUT2D eigenvalue weighted by atomic mass is 9.67. The molecule has 0 heterocycles. The van der Waals surface area contributed by atoms with Crippen LogP contribution in [0.1, 0.15) is 32.1 Å². The predicted octanol–water partition coefficient (Wildman–Crippen LogP) is 6.01. The highest BCUT2D eigenvalue weighted by molar-refractivity contribution is 5.71. The van der Waals surface area contributed by atoms with E-state index in [1.54, 1.807) is 0 Å². The molecule has 0 radical (unpaired) electrons. The maximum atomic E-state index is 13.5. The third kappa shape index (κ3) is 5.55. The van der Waals surface area contributed by atoms with Crippen LogP contribution in [0.5, 0.6) is 0 Å². The van der Waals surface area contributed by atoms with Gasteiger partial charge in [-0.1, -0.05) is 0 Å². The van der Waals surface area contributed by atoms with E-state index in [-0.39, 0.29) is 0 Å². The predicted molar refractivity (Wildman–Crippen MR) is 74.1 cm³/mol. The lowest BCUT2D eigenvalue weighted by molar-refractivity contribution is -0.399. The van der Waals surface area contributed by atoms with Crippen LogP contribution in [0, 0.1) is 11.8 Å². The molecule has 0 aliphatic heterocycles. The van der Waals surface area contributed by atoms with E-state index < -0.39 is 92.0 Å². The average molecular weight is 526 g/mol. The Labute approximate surface area is 173 Å². The van der Waals surface area contributed by atoms with Crippen LogP contribution in [0.25, 0.3) is 0 Å². The van der Waals surface area contributed by atoms with E-state index in [1.165, 1.54) is 0 Å². The SMILES string of the molecule is O=C(CC(F)(F)F)OC(C1CCC(C(O)(C(F)(F)F)C(F)(F)F)CC1)(C(F)(F)F)C(F)(F)F. The highest BCUT2D eigenvalue weighted by Gasteiger charge is 2.79. The normalized spacial score (nSPS) is 22.3. The third-order valence-electron chi connectivity index (χ3n) is 5.22. The molecule has 1 saturated carbocycles. The van der Waals surface area contributed by atoms with Gasteiger partial charge in [0.2, 0.25) is 0 Å². The van der Waals surface area contributed by atoms with Gasteiger partial charge in [0, 0.05) is 11.8 Å². The van der Waals surface area contributed by atoms with Crippen molar-refractivity contribution < 1.29 is 80.5 Å². The molecule has 1 fully saturated rings. The van der Waals surface area contributed by atoms with Crippen molar-refractivity contribution in [2.75, 3.05) is 0 Å². The van der Waals surface area contributed by atoms with Gasteiger partial charge in [-0.3, -0.25) is 4.79 Å². The van der Waals surface area contributed by atoms with Crippen LogP contribution < -0.4 is 0 Å². The molecule has 0 unspecified atom stereocenters. The van der Waals surface area contributed by atoms with Crippen LogP contribution in [-0.4, -0.2) is 53.2 Å². The molecule has 1 N–H and O–H groups in total. The number of hydrogen-bond donors (Lipinski definition) is 1. The zero-order chi connectivity index (χ0) is 26.5. The molecule has 0 amide bonds. The number of ether oxygens (including phenoxy) is 1. The van der Waals surface area contributed by atoms with E-state index in [4.69, 9.17) is 0 Å². The van der Waals surface area contributed by atoms with Crippen LogP contribution in [0.3, 0.4) is 0 Å². The molecular formula is C15H13F15O3. The third-order valence-corrected chi connectivity index (χ3v) is 5.22. The lowest BCUT2D eigenvalue weighted by Gasteiger charge is -2.47. The molecule has 33 heavy (non-hydrogen) atoms. The van der Waals surface area contributed by atoms with E-state index in [0.29, 0.717) is 0 Å². The molecule has 1 aliphatic rings. The van der Waals surface area contributed by atoms with E-state index >= 15 is 0 Å². The molecule has 196 valence electrons. The highest BCUT2D eigenvalue weighted by Crippen LogP contribution is 2.58. The van der Waals surface area contributed by atoms with E-state index in [0.717, 1.165) is 0 Å². The Hall–Kier alpha value is -1.62. The van der Waals surface area contributed by atoms with Crippen molar-refractivity contribution in [1.29, 1.82) is 0 Å². The molecule has 0 atom stereocenters. The molecule has 0 bridgehead atoms. The summed E-state index contributed by atoms with van der Waals surface area (Å²) in [5.41, 5.74) is -11.1. The zero-order valence-corrected chi connectivity index (χ0v) is 15.6. The fraction of sp³-hybridized carbons (Fsp3) is 0.933. The second kappa shape index (κ2) is 8.55.